The summed E-state index contributed by atoms with van der Waals surface area (Å²) in [4.78, 5) is 9.38. The Hall–Kier alpha value is -1.07. The predicted octanol–water partition coefficient (Wildman–Crippen LogP) is 1.66. The van der Waals surface area contributed by atoms with Crippen LogP contribution in [0.15, 0.2) is 12.4 Å². The van der Waals surface area contributed by atoms with Crippen LogP contribution in [-0.4, -0.2) is 65.7 Å². The van der Waals surface area contributed by atoms with Crippen LogP contribution in [0.4, 0.5) is 5.95 Å². The van der Waals surface area contributed by atoms with E-state index in [1.165, 1.54) is 32.2 Å². The Morgan fingerprint density at radius 1 is 1.25 bits per heavy atom. The molecule has 0 amide bonds. The molecule has 5 nitrogen and oxygen atoms in total. The van der Waals surface area contributed by atoms with E-state index in [1.54, 1.807) is 0 Å². The summed E-state index contributed by atoms with van der Waals surface area (Å²) in [6.45, 7) is 4.43. The molecule has 0 bridgehead atoms. The molecule has 1 aromatic rings. The number of anilines is 1. The van der Waals surface area contributed by atoms with E-state index in [-0.39, 0.29) is 0 Å². The van der Waals surface area contributed by atoms with Gasteiger partial charge >= 0.3 is 0 Å². The first-order chi connectivity index (χ1) is 9.74. The number of likely N-dealkylation sites (N-methyl/N-ethyl adjacent to an activating group) is 2. The molecule has 2 aliphatic rings. The van der Waals surface area contributed by atoms with Gasteiger partial charge < -0.3 is 14.8 Å². The number of hydrogen-bond donors (Lipinski definition) is 1. The smallest absolute Gasteiger partial charge is 0.203 e. The fourth-order valence-electron chi connectivity index (χ4n) is 3.46. The second kappa shape index (κ2) is 6.14. The van der Waals surface area contributed by atoms with Gasteiger partial charge in [-0.05, 0) is 26.9 Å². The third-order valence-electron chi connectivity index (χ3n) is 4.86. The van der Waals surface area contributed by atoms with Crippen molar-refractivity contribution in [3.05, 3.63) is 12.4 Å². The van der Waals surface area contributed by atoms with E-state index in [0.29, 0.717) is 12.1 Å². The summed E-state index contributed by atoms with van der Waals surface area (Å²) in [5, 5.41) is 3.57. The molecule has 20 heavy (non-hydrogen) atoms. The molecule has 1 aliphatic heterocycles. The van der Waals surface area contributed by atoms with Crippen LogP contribution in [0, 0.1) is 0 Å². The van der Waals surface area contributed by atoms with Gasteiger partial charge in [-0.1, -0.05) is 12.8 Å². The minimum absolute atomic E-state index is 0.572. The fourth-order valence-corrected chi connectivity index (χ4v) is 3.46. The molecule has 1 saturated carbocycles. The van der Waals surface area contributed by atoms with E-state index in [2.05, 4.69) is 45.0 Å². The van der Waals surface area contributed by atoms with Crippen LogP contribution in [0.25, 0.3) is 0 Å². The van der Waals surface area contributed by atoms with Crippen LogP contribution in [-0.2, 0) is 0 Å². The van der Waals surface area contributed by atoms with Gasteiger partial charge in [0.15, 0.2) is 0 Å². The quantitative estimate of drug-likeness (QED) is 0.908. The van der Waals surface area contributed by atoms with Crippen molar-refractivity contribution in [1.29, 1.82) is 0 Å². The monoisotopic (exact) mass is 277 g/mol. The van der Waals surface area contributed by atoms with Crippen LogP contribution in [0.2, 0.25) is 0 Å². The molecule has 0 spiro atoms. The largest absolute Gasteiger partial charge is 0.354 e. The lowest BCUT2D eigenvalue weighted by Crippen LogP contribution is -2.52. The van der Waals surface area contributed by atoms with Crippen LogP contribution >= 0.6 is 0 Å². The van der Waals surface area contributed by atoms with Gasteiger partial charge in [0.1, 0.15) is 0 Å². The maximum Gasteiger partial charge on any atom is 0.203 e. The Morgan fingerprint density at radius 3 is 2.85 bits per heavy atom. The summed E-state index contributed by atoms with van der Waals surface area (Å²) in [5.41, 5.74) is 0. The summed E-state index contributed by atoms with van der Waals surface area (Å²) >= 11 is 0. The molecule has 1 atom stereocenters. The summed E-state index contributed by atoms with van der Waals surface area (Å²) in [6, 6.07) is 1.23. The van der Waals surface area contributed by atoms with Crippen LogP contribution in [0.3, 0.4) is 0 Å². The normalized spacial score (nSPS) is 26.2. The van der Waals surface area contributed by atoms with E-state index < -0.39 is 0 Å². The van der Waals surface area contributed by atoms with Crippen molar-refractivity contribution in [1.82, 2.24) is 19.4 Å². The molecule has 112 valence electrons. The van der Waals surface area contributed by atoms with E-state index >= 15 is 0 Å². The minimum atomic E-state index is 0.572. The second-order valence-corrected chi connectivity index (χ2v) is 6.37. The van der Waals surface area contributed by atoms with Gasteiger partial charge in [-0.15, -0.1) is 0 Å². The van der Waals surface area contributed by atoms with Crippen molar-refractivity contribution in [2.45, 2.75) is 37.8 Å². The van der Waals surface area contributed by atoms with Crippen molar-refractivity contribution < 1.29 is 0 Å². The van der Waals surface area contributed by atoms with Gasteiger partial charge in [-0.2, -0.15) is 0 Å². The summed E-state index contributed by atoms with van der Waals surface area (Å²) < 4.78 is 2.35. The van der Waals surface area contributed by atoms with Gasteiger partial charge in [0.25, 0.3) is 0 Å². The molecule has 5 heteroatoms. The number of rotatable bonds is 4. The first-order valence-corrected chi connectivity index (χ1v) is 7.89. The van der Waals surface area contributed by atoms with Crippen molar-refractivity contribution in [2.24, 2.45) is 0 Å². The zero-order valence-electron chi connectivity index (χ0n) is 12.8. The predicted molar refractivity (Wildman–Crippen MR) is 82.1 cm³/mol. The SMILES string of the molecule is CN1CCN(C)C(CNc2nccn2C2CCCC2)C1. The van der Waals surface area contributed by atoms with E-state index in [9.17, 15) is 0 Å². The number of aromatic nitrogens is 2. The highest BCUT2D eigenvalue weighted by Gasteiger charge is 2.23. The topological polar surface area (TPSA) is 36.3 Å². The second-order valence-electron chi connectivity index (χ2n) is 6.37. The molecule has 3 rings (SSSR count). The first kappa shape index (κ1) is 13.9. The van der Waals surface area contributed by atoms with Crippen LogP contribution in [0.5, 0.6) is 0 Å². The Kier molecular flexibility index (Phi) is 4.27. The highest BCUT2D eigenvalue weighted by Crippen LogP contribution is 2.31. The lowest BCUT2D eigenvalue weighted by Gasteiger charge is -2.37. The van der Waals surface area contributed by atoms with Crippen molar-refractivity contribution in [3.8, 4) is 0 Å². The Bertz CT molecular complexity index is 424. The molecule has 1 N–H and O–H groups in total. The molecule has 1 saturated heterocycles. The molecule has 1 aliphatic carbocycles. The van der Waals surface area contributed by atoms with Crippen molar-refractivity contribution >= 4 is 5.95 Å². The molecule has 1 aromatic heterocycles. The Balaban J connectivity index is 1.59. The Morgan fingerprint density at radius 2 is 2.05 bits per heavy atom. The lowest BCUT2D eigenvalue weighted by atomic mass is 10.2. The average molecular weight is 277 g/mol. The zero-order valence-corrected chi connectivity index (χ0v) is 12.8. The van der Waals surface area contributed by atoms with E-state index in [0.717, 1.165) is 25.6 Å². The van der Waals surface area contributed by atoms with Gasteiger partial charge in [-0.3, -0.25) is 4.90 Å². The standard InChI is InChI=1S/C15H27N5/c1-18-9-10-19(2)14(12-18)11-17-15-16-7-8-20(15)13-5-3-4-6-13/h7-8,13-14H,3-6,9-12H2,1-2H3,(H,16,17). The molecular formula is C15H27N5. The molecule has 2 fully saturated rings. The number of imidazole rings is 1. The molecule has 0 radical (unpaired) electrons. The molecule has 1 unspecified atom stereocenters. The summed E-state index contributed by atoms with van der Waals surface area (Å²) in [5.74, 6) is 1.05. The van der Waals surface area contributed by atoms with Crippen molar-refractivity contribution in [2.75, 3.05) is 45.6 Å². The number of hydrogen-bond acceptors (Lipinski definition) is 4. The highest BCUT2D eigenvalue weighted by molar-refractivity contribution is 5.27. The van der Waals surface area contributed by atoms with Crippen LogP contribution < -0.4 is 5.32 Å². The van der Waals surface area contributed by atoms with Crippen LogP contribution in [0.1, 0.15) is 31.7 Å². The minimum Gasteiger partial charge on any atom is -0.354 e. The average Bonchev–Trinajstić information content (AvgIpc) is 3.09. The molecule has 0 aromatic carbocycles. The third-order valence-corrected chi connectivity index (χ3v) is 4.86. The van der Waals surface area contributed by atoms with E-state index in [4.69, 9.17) is 0 Å². The fraction of sp³-hybridized carbons (Fsp3) is 0.800. The van der Waals surface area contributed by atoms with Gasteiger partial charge in [0.2, 0.25) is 5.95 Å². The molecule has 2 heterocycles. The third kappa shape index (κ3) is 2.99. The van der Waals surface area contributed by atoms with Gasteiger partial charge in [0.05, 0.1) is 0 Å². The Labute approximate surface area is 122 Å². The number of nitrogens with one attached hydrogen (secondary N) is 1. The first-order valence-electron chi connectivity index (χ1n) is 7.89. The maximum atomic E-state index is 4.51. The maximum absolute atomic E-state index is 4.51. The number of piperazine rings is 1. The highest BCUT2D eigenvalue weighted by atomic mass is 15.3. The zero-order chi connectivity index (χ0) is 13.9. The number of nitrogens with zero attached hydrogens (tertiary/aromatic N) is 4. The van der Waals surface area contributed by atoms with Gasteiger partial charge in [-0.25, -0.2) is 4.98 Å². The summed E-state index contributed by atoms with van der Waals surface area (Å²) in [7, 11) is 4.43. The van der Waals surface area contributed by atoms with Gasteiger partial charge in [0, 0.05) is 50.7 Å². The van der Waals surface area contributed by atoms with E-state index in [1.807, 2.05) is 6.20 Å². The lowest BCUT2D eigenvalue weighted by molar-refractivity contribution is 0.121. The van der Waals surface area contributed by atoms with Crippen molar-refractivity contribution in [3.63, 3.8) is 0 Å². The summed E-state index contributed by atoms with van der Waals surface area (Å²) in [6.07, 6.45) is 9.39. The molecular weight excluding hydrogens is 250 g/mol.